The van der Waals surface area contributed by atoms with Crippen LogP contribution in [0.4, 0.5) is 4.79 Å². The molecule has 5 heteroatoms. The zero-order valence-electron chi connectivity index (χ0n) is 8.52. The minimum absolute atomic E-state index is 0.00157. The predicted molar refractivity (Wildman–Crippen MR) is 50.4 cm³/mol. The summed E-state index contributed by atoms with van der Waals surface area (Å²) in [6.07, 6.45) is 0. The molecule has 3 amide bonds. The van der Waals surface area contributed by atoms with Crippen molar-refractivity contribution in [1.29, 1.82) is 0 Å². The minimum Gasteiger partial charge on any atom is -0.358 e. The molecule has 13 heavy (non-hydrogen) atoms. The van der Waals surface area contributed by atoms with Gasteiger partial charge in [-0.15, -0.1) is 0 Å². The smallest absolute Gasteiger partial charge is 0.315 e. The lowest BCUT2D eigenvalue weighted by Crippen LogP contribution is -2.48. The summed E-state index contributed by atoms with van der Waals surface area (Å²) in [6, 6.07) is -0.337. The number of amides is 3. The molecule has 0 aliphatic carbocycles. The molecule has 0 fully saturated rings. The summed E-state index contributed by atoms with van der Waals surface area (Å²) < 4.78 is 0. The summed E-state index contributed by atoms with van der Waals surface area (Å²) in [7, 11) is 1.52. The Morgan fingerprint density at radius 3 is 2.15 bits per heavy atom. The van der Waals surface area contributed by atoms with Gasteiger partial charge in [0, 0.05) is 12.6 Å². The maximum Gasteiger partial charge on any atom is 0.315 e. The largest absolute Gasteiger partial charge is 0.358 e. The maximum absolute atomic E-state index is 11.1. The van der Waals surface area contributed by atoms with Crippen LogP contribution in [-0.2, 0) is 4.79 Å². The van der Waals surface area contributed by atoms with Crippen LogP contribution in [0.25, 0.3) is 0 Å². The van der Waals surface area contributed by atoms with E-state index in [9.17, 15) is 9.59 Å². The molecule has 5 nitrogen and oxygen atoms in total. The molecule has 0 rings (SSSR count). The summed E-state index contributed by atoms with van der Waals surface area (Å²) in [5.41, 5.74) is -0.285. The van der Waals surface area contributed by atoms with Gasteiger partial charge in [-0.1, -0.05) is 0 Å². The van der Waals surface area contributed by atoms with Crippen molar-refractivity contribution in [2.45, 2.75) is 26.3 Å². The molecule has 0 aromatic carbocycles. The molecule has 0 aliphatic rings. The molecule has 0 saturated carbocycles. The molecule has 0 heterocycles. The van der Waals surface area contributed by atoms with Gasteiger partial charge in [0.1, 0.15) is 0 Å². The van der Waals surface area contributed by atoms with Gasteiger partial charge in [0.2, 0.25) is 5.91 Å². The van der Waals surface area contributed by atoms with Crippen LogP contribution < -0.4 is 16.0 Å². The number of carbonyl (C=O) groups is 2. The van der Waals surface area contributed by atoms with Crippen LogP contribution in [0.2, 0.25) is 0 Å². The summed E-state index contributed by atoms with van der Waals surface area (Å²) in [4.78, 5) is 21.8. The topological polar surface area (TPSA) is 70.2 Å². The van der Waals surface area contributed by atoms with Crippen molar-refractivity contribution in [1.82, 2.24) is 16.0 Å². The SMILES string of the molecule is CNC(=O)CNC(=O)NC(C)(C)C. The Kier molecular flexibility index (Phi) is 4.23. The van der Waals surface area contributed by atoms with Gasteiger partial charge >= 0.3 is 6.03 Å². The molecule has 0 aromatic rings. The Labute approximate surface area is 78.3 Å². The minimum atomic E-state index is -0.337. The number of rotatable bonds is 2. The second kappa shape index (κ2) is 4.69. The van der Waals surface area contributed by atoms with Crippen molar-refractivity contribution in [3.05, 3.63) is 0 Å². The third kappa shape index (κ3) is 7.11. The quantitative estimate of drug-likeness (QED) is 0.561. The highest BCUT2D eigenvalue weighted by molar-refractivity contribution is 5.83. The molecule has 0 unspecified atom stereocenters. The van der Waals surface area contributed by atoms with Crippen LogP contribution >= 0.6 is 0 Å². The third-order valence-corrected chi connectivity index (χ3v) is 1.18. The zero-order valence-corrected chi connectivity index (χ0v) is 8.52. The number of hydrogen-bond donors (Lipinski definition) is 3. The second-order valence-electron chi connectivity index (χ2n) is 3.73. The summed E-state index contributed by atoms with van der Waals surface area (Å²) >= 11 is 0. The lowest BCUT2D eigenvalue weighted by atomic mass is 10.1. The van der Waals surface area contributed by atoms with E-state index in [1.807, 2.05) is 20.8 Å². The molecule has 0 saturated heterocycles. The van der Waals surface area contributed by atoms with E-state index in [-0.39, 0.29) is 24.0 Å². The van der Waals surface area contributed by atoms with Gasteiger partial charge in [-0.2, -0.15) is 0 Å². The first kappa shape index (κ1) is 11.7. The Balaban J connectivity index is 3.71. The number of hydrogen-bond acceptors (Lipinski definition) is 2. The first-order chi connectivity index (χ1) is 5.85. The normalized spacial score (nSPS) is 10.5. The highest BCUT2D eigenvalue weighted by Gasteiger charge is 2.13. The third-order valence-electron chi connectivity index (χ3n) is 1.18. The molecule has 0 aliphatic heterocycles. The van der Waals surface area contributed by atoms with E-state index in [0.717, 1.165) is 0 Å². The van der Waals surface area contributed by atoms with Gasteiger partial charge < -0.3 is 16.0 Å². The molecule has 3 N–H and O–H groups in total. The molecule has 76 valence electrons. The molecular weight excluding hydrogens is 170 g/mol. The van der Waals surface area contributed by atoms with E-state index < -0.39 is 0 Å². The van der Waals surface area contributed by atoms with Crippen molar-refractivity contribution in [3.63, 3.8) is 0 Å². The van der Waals surface area contributed by atoms with E-state index >= 15 is 0 Å². The van der Waals surface area contributed by atoms with Crippen LogP contribution in [0.5, 0.6) is 0 Å². The first-order valence-corrected chi connectivity index (χ1v) is 4.12. The fourth-order valence-corrected chi connectivity index (χ4v) is 0.634. The van der Waals surface area contributed by atoms with Crippen LogP contribution in [-0.4, -0.2) is 31.1 Å². The fourth-order valence-electron chi connectivity index (χ4n) is 0.634. The van der Waals surface area contributed by atoms with Crippen molar-refractivity contribution in [2.24, 2.45) is 0 Å². The number of carbonyl (C=O) groups excluding carboxylic acids is 2. The van der Waals surface area contributed by atoms with Crippen LogP contribution in [0.1, 0.15) is 20.8 Å². The Bertz CT molecular complexity index is 196. The Morgan fingerprint density at radius 2 is 1.77 bits per heavy atom. The van der Waals surface area contributed by atoms with Gasteiger partial charge in [0.25, 0.3) is 0 Å². The number of likely N-dealkylation sites (N-methyl/N-ethyl adjacent to an activating group) is 1. The van der Waals surface area contributed by atoms with Crippen LogP contribution in [0.15, 0.2) is 0 Å². The van der Waals surface area contributed by atoms with Crippen LogP contribution in [0.3, 0.4) is 0 Å². The van der Waals surface area contributed by atoms with Gasteiger partial charge in [-0.05, 0) is 20.8 Å². The molecule has 0 radical (unpaired) electrons. The van der Waals surface area contributed by atoms with Gasteiger partial charge in [-0.3, -0.25) is 4.79 Å². The summed E-state index contributed by atoms with van der Waals surface area (Å²) in [6.45, 7) is 5.60. The number of urea groups is 1. The lowest BCUT2D eigenvalue weighted by molar-refractivity contribution is -0.119. The van der Waals surface area contributed by atoms with Crippen molar-refractivity contribution in [2.75, 3.05) is 13.6 Å². The Morgan fingerprint density at radius 1 is 1.23 bits per heavy atom. The van der Waals surface area contributed by atoms with E-state index in [1.54, 1.807) is 0 Å². The average Bonchev–Trinajstić information content (AvgIpc) is 1.97. The average molecular weight is 187 g/mol. The van der Waals surface area contributed by atoms with Gasteiger partial charge in [-0.25, -0.2) is 4.79 Å². The lowest BCUT2D eigenvalue weighted by Gasteiger charge is -2.20. The van der Waals surface area contributed by atoms with Gasteiger partial charge in [0.05, 0.1) is 6.54 Å². The molecule has 0 aromatic heterocycles. The molecular formula is C8H17N3O2. The molecule has 0 spiro atoms. The standard InChI is InChI=1S/C8H17N3O2/c1-8(2,3)11-7(13)10-5-6(12)9-4/h5H2,1-4H3,(H,9,12)(H2,10,11,13). The van der Waals surface area contributed by atoms with Crippen LogP contribution in [0, 0.1) is 0 Å². The molecule has 0 bridgehead atoms. The zero-order chi connectivity index (χ0) is 10.5. The van der Waals surface area contributed by atoms with E-state index in [4.69, 9.17) is 0 Å². The van der Waals surface area contributed by atoms with E-state index in [0.29, 0.717) is 0 Å². The first-order valence-electron chi connectivity index (χ1n) is 4.12. The second-order valence-corrected chi connectivity index (χ2v) is 3.73. The highest BCUT2D eigenvalue weighted by atomic mass is 16.2. The fraction of sp³-hybridized carbons (Fsp3) is 0.750. The predicted octanol–water partition coefficient (Wildman–Crippen LogP) is -0.170. The van der Waals surface area contributed by atoms with Gasteiger partial charge in [0.15, 0.2) is 0 Å². The van der Waals surface area contributed by atoms with E-state index in [1.165, 1.54) is 7.05 Å². The highest BCUT2D eigenvalue weighted by Crippen LogP contribution is 1.96. The monoisotopic (exact) mass is 187 g/mol. The van der Waals surface area contributed by atoms with Crippen molar-refractivity contribution >= 4 is 11.9 Å². The Hall–Kier alpha value is -1.26. The van der Waals surface area contributed by atoms with Crippen molar-refractivity contribution < 1.29 is 9.59 Å². The summed E-state index contributed by atoms with van der Waals surface area (Å²) in [5, 5.41) is 7.50. The molecule has 0 atom stereocenters. The van der Waals surface area contributed by atoms with Crippen molar-refractivity contribution in [3.8, 4) is 0 Å². The maximum atomic E-state index is 11.1. The summed E-state index contributed by atoms with van der Waals surface area (Å²) in [5.74, 6) is -0.218. The number of nitrogens with one attached hydrogen (secondary N) is 3. The van der Waals surface area contributed by atoms with E-state index in [2.05, 4.69) is 16.0 Å².